The normalized spacial score (nSPS) is 12.0. The van der Waals surface area contributed by atoms with Crippen molar-refractivity contribution < 1.29 is 4.74 Å². The predicted octanol–water partition coefficient (Wildman–Crippen LogP) is 5.14. The fourth-order valence-electron chi connectivity index (χ4n) is 2.50. The summed E-state index contributed by atoms with van der Waals surface area (Å²) in [6.07, 6.45) is 0.0324. The van der Waals surface area contributed by atoms with Crippen LogP contribution in [-0.2, 0) is 0 Å². The van der Waals surface area contributed by atoms with Gasteiger partial charge in [-0.15, -0.1) is 0 Å². The minimum absolute atomic E-state index is 0.0324. The summed E-state index contributed by atoms with van der Waals surface area (Å²) in [5.41, 5.74) is 5.00. The van der Waals surface area contributed by atoms with Crippen LogP contribution in [0.2, 0.25) is 5.02 Å². The van der Waals surface area contributed by atoms with E-state index in [1.54, 1.807) is 0 Å². The highest BCUT2D eigenvalue weighted by molar-refractivity contribution is 6.32. The van der Waals surface area contributed by atoms with Gasteiger partial charge in [0.1, 0.15) is 11.9 Å². The lowest BCUT2D eigenvalue weighted by molar-refractivity contribution is 0.235. The molecule has 2 nitrogen and oxygen atoms in total. The molecule has 1 unspecified atom stereocenters. The van der Waals surface area contributed by atoms with Gasteiger partial charge in [-0.3, -0.25) is 0 Å². The van der Waals surface area contributed by atoms with Gasteiger partial charge in [0.25, 0.3) is 0 Å². The highest BCUT2D eigenvalue weighted by Gasteiger charge is 2.09. The lowest BCUT2D eigenvalue weighted by atomic mass is 10.1. The Morgan fingerprint density at radius 2 is 1.71 bits per heavy atom. The van der Waals surface area contributed by atoms with Crippen LogP contribution in [0.15, 0.2) is 36.4 Å². The number of benzene rings is 2. The molecule has 1 N–H and O–H groups in total. The summed E-state index contributed by atoms with van der Waals surface area (Å²) in [5, 5.41) is 4.13. The SMILES string of the molecule is Cc1cc(C)c(NCC(C)Oc2ccccc2Cl)c(C)c1. The Hall–Kier alpha value is -1.67. The Morgan fingerprint density at radius 1 is 1.10 bits per heavy atom. The summed E-state index contributed by atoms with van der Waals surface area (Å²) in [7, 11) is 0. The average molecular weight is 304 g/mol. The molecule has 0 heterocycles. The molecule has 2 rings (SSSR count). The van der Waals surface area contributed by atoms with Crippen LogP contribution in [0.25, 0.3) is 0 Å². The summed E-state index contributed by atoms with van der Waals surface area (Å²) in [5.74, 6) is 0.728. The van der Waals surface area contributed by atoms with Crippen LogP contribution in [0.5, 0.6) is 5.75 Å². The van der Waals surface area contributed by atoms with Crippen molar-refractivity contribution >= 4 is 17.3 Å². The van der Waals surface area contributed by atoms with Crippen LogP contribution in [0, 0.1) is 20.8 Å². The molecule has 0 bridgehead atoms. The second-order valence-corrected chi connectivity index (χ2v) is 5.92. The van der Waals surface area contributed by atoms with Crippen molar-refractivity contribution in [3.63, 3.8) is 0 Å². The maximum atomic E-state index is 6.11. The molecule has 1 atom stereocenters. The molecule has 2 aromatic rings. The van der Waals surface area contributed by atoms with Gasteiger partial charge in [-0.05, 0) is 51.0 Å². The fraction of sp³-hybridized carbons (Fsp3) is 0.333. The van der Waals surface area contributed by atoms with Gasteiger partial charge in [-0.25, -0.2) is 0 Å². The van der Waals surface area contributed by atoms with Gasteiger partial charge in [0, 0.05) is 5.69 Å². The minimum Gasteiger partial charge on any atom is -0.487 e. The van der Waals surface area contributed by atoms with Crippen molar-refractivity contribution in [2.24, 2.45) is 0 Å². The van der Waals surface area contributed by atoms with E-state index in [9.17, 15) is 0 Å². The minimum atomic E-state index is 0.0324. The zero-order valence-corrected chi connectivity index (χ0v) is 13.8. The average Bonchev–Trinajstić information content (AvgIpc) is 2.40. The number of hydrogen-bond donors (Lipinski definition) is 1. The Kier molecular flexibility index (Phi) is 5.13. The monoisotopic (exact) mass is 303 g/mol. The molecule has 0 spiro atoms. The Labute approximate surface area is 132 Å². The highest BCUT2D eigenvalue weighted by Crippen LogP contribution is 2.25. The van der Waals surface area contributed by atoms with Crippen LogP contribution in [0.1, 0.15) is 23.6 Å². The highest BCUT2D eigenvalue weighted by atomic mass is 35.5. The molecule has 0 radical (unpaired) electrons. The molecule has 0 aromatic heterocycles. The van der Waals surface area contributed by atoms with E-state index in [0.29, 0.717) is 5.02 Å². The van der Waals surface area contributed by atoms with Crippen molar-refractivity contribution in [3.8, 4) is 5.75 Å². The van der Waals surface area contributed by atoms with Crippen molar-refractivity contribution in [1.82, 2.24) is 0 Å². The molecule has 0 amide bonds. The van der Waals surface area contributed by atoms with Gasteiger partial charge in [0.2, 0.25) is 0 Å². The third-order valence-corrected chi connectivity index (χ3v) is 3.72. The molecular weight excluding hydrogens is 282 g/mol. The zero-order chi connectivity index (χ0) is 15.4. The third-order valence-electron chi connectivity index (χ3n) is 3.41. The predicted molar refractivity (Wildman–Crippen MR) is 90.7 cm³/mol. The number of aryl methyl sites for hydroxylation is 3. The van der Waals surface area contributed by atoms with Gasteiger partial charge in [-0.1, -0.05) is 41.4 Å². The first kappa shape index (κ1) is 15.7. The fourth-order valence-corrected chi connectivity index (χ4v) is 2.68. The smallest absolute Gasteiger partial charge is 0.138 e. The van der Waals surface area contributed by atoms with E-state index in [1.165, 1.54) is 22.4 Å². The third kappa shape index (κ3) is 4.15. The Morgan fingerprint density at radius 3 is 2.33 bits per heavy atom. The summed E-state index contributed by atoms with van der Waals surface area (Å²) >= 11 is 6.11. The van der Waals surface area contributed by atoms with Gasteiger partial charge in [0.15, 0.2) is 0 Å². The van der Waals surface area contributed by atoms with Crippen LogP contribution < -0.4 is 10.1 Å². The number of anilines is 1. The van der Waals surface area contributed by atoms with E-state index in [1.807, 2.05) is 31.2 Å². The summed E-state index contributed by atoms with van der Waals surface area (Å²) in [6.45, 7) is 9.14. The summed E-state index contributed by atoms with van der Waals surface area (Å²) in [6, 6.07) is 11.9. The van der Waals surface area contributed by atoms with E-state index in [4.69, 9.17) is 16.3 Å². The van der Waals surface area contributed by atoms with E-state index < -0.39 is 0 Å². The first-order chi connectivity index (χ1) is 9.97. The lowest BCUT2D eigenvalue weighted by Crippen LogP contribution is -2.23. The first-order valence-corrected chi connectivity index (χ1v) is 7.58. The molecule has 0 aliphatic rings. The second kappa shape index (κ2) is 6.86. The van der Waals surface area contributed by atoms with E-state index in [2.05, 4.69) is 38.2 Å². The number of nitrogens with one attached hydrogen (secondary N) is 1. The number of rotatable bonds is 5. The molecule has 3 heteroatoms. The molecule has 0 saturated heterocycles. The molecule has 0 aliphatic carbocycles. The van der Waals surface area contributed by atoms with Crippen LogP contribution in [0.3, 0.4) is 0 Å². The van der Waals surface area contributed by atoms with Gasteiger partial charge >= 0.3 is 0 Å². The molecule has 2 aromatic carbocycles. The maximum Gasteiger partial charge on any atom is 0.138 e. The van der Waals surface area contributed by atoms with E-state index in [-0.39, 0.29) is 6.10 Å². The van der Waals surface area contributed by atoms with Crippen molar-refractivity contribution in [1.29, 1.82) is 0 Å². The second-order valence-electron chi connectivity index (χ2n) is 5.51. The van der Waals surface area contributed by atoms with Crippen molar-refractivity contribution in [2.75, 3.05) is 11.9 Å². The molecule has 0 fully saturated rings. The van der Waals surface area contributed by atoms with Gasteiger partial charge < -0.3 is 10.1 Å². The molecule has 0 saturated carbocycles. The zero-order valence-electron chi connectivity index (χ0n) is 13.0. The summed E-state index contributed by atoms with van der Waals surface area (Å²) in [4.78, 5) is 0. The number of hydrogen-bond acceptors (Lipinski definition) is 2. The number of ether oxygens (including phenoxy) is 1. The van der Waals surface area contributed by atoms with Crippen molar-refractivity contribution in [3.05, 3.63) is 58.1 Å². The van der Waals surface area contributed by atoms with Crippen LogP contribution in [-0.4, -0.2) is 12.6 Å². The number of halogens is 1. The Balaban J connectivity index is 1.99. The Bertz CT molecular complexity index is 601. The lowest BCUT2D eigenvalue weighted by Gasteiger charge is -2.19. The molecule has 112 valence electrons. The quantitative estimate of drug-likeness (QED) is 0.825. The van der Waals surface area contributed by atoms with Crippen LogP contribution in [0.4, 0.5) is 5.69 Å². The molecule has 21 heavy (non-hydrogen) atoms. The van der Waals surface area contributed by atoms with Crippen molar-refractivity contribution in [2.45, 2.75) is 33.8 Å². The van der Waals surface area contributed by atoms with Gasteiger partial charge in [-0.2, -0.15) is 0 Å². The van der Waals surface area contributed by atoms with E-state index >= 15 is 0 Å². The molecule has 0 aliphatic heterocycles. The number of para-hydroxylation sites is 1. The maximum absolute atomic E-state index is 6.11. The topological polar surface area (TPSA) is 21.3 Å². The van der Waals surface area contributed by atoms with Crippen LogP contribution >= 0.6 is 11.6 Å². The largest absolute Gasteiger partial charge is 0.487 e. The van der Waals surface area contributed by atoms with E-state index in [0.717, 1.165) is 12.3 Å². The molecular formula is C18H22ClNO. The van der Waals surface area contributed by atoms with Gasteiger partial charge in [0.05, 0.1) is 11.6 Å². The summed E-state index contributed by atoms with van der Waals surface area (Å²) < 4.78 is 5.88. The first-order valence-electron chi connectivity index (χ1n) is 7.20. The standard InChI is InChI=1S/C18H22ClNO/c1-12-9-13(2)18(14(3)10-12)20-11-15(4)21-17-8-6-5-7-16(17)19/h5-10,15,20H,11H2,1-4H3.